The van der Waals surface area contributed by atoms with Gasteiger partial charge in [-0.15, -0.1) is 0 Å². The van der Waals surface area contributed by atoms with Crippen molar-refractivity contribution in [2.45, 2.75) is 6.54 Å². The maximum absolute atomic E-state index is 10.4. The van der Waals surface area contributed by atoms with E-state index in [-0.39, 0.29) is 6.54 Å². The first kappa shape index (κ1) is 8.74. The van der Waals surface area contributed by atoms with Gasteiger partial charge in [0.25, 0.3) is 0 Å². The molecule has 0 aliphatic carbocycles. The van der Waals surface area contributed by atoms with Crippen LogP contribution in [0.15, 0.2) is 24.4 Å². The summed E-state index contributed by atoms with van der Waals surface area (Å²) < 4.78 is 6.74. The Morgan fingerprint density at radius 2 is 2.43 bits per heavy atom. The van der Waals surface area contributed by atoms with E-state index in [1.165, 1.54) is 0 Å². The third-order valence-electron chi connectivity index (χ3n) is 2.10. The number of fused-ring (bicyclic) bond motifs is 1. The summed E-state index contributed by atoms with van der Waals surface area (Å²) >= 11 is 0. The van der Waals surface area contributed by atoms with Crippen LogP contribution in [0.4, 0.5) is 0 Å². The van der Waals surface area contributed by atoms with Crippen LogP contribution in [0, 0.1) is 0 Å². The molecule has 0 unspecified atom stereocenters. The lowest BCUT2D eigenvalue weighted by molar-refractivity contribution is -0.108. The Bertz CT molecular complexity index is 462. The molecular formula is C10H10N2O2. The summed E-state index contributed by atoms with van der Waals surface area (Å²) in [6.07, 6.45) is 2.55. The number of nitrogens with zero attached hydrogens (tertiary/aromatic N) is 2. The second-order valence-corrected chi connectivity index (χ2v) is 2.92. The first-order valence-corrected chi connectivity index (χ1v) is 4.28. The number of methoxy groups -OCH3 is 1. The highest BCUT2D eigenvalue weighted by atomic mass is 16.5. The average Bonchev–Trinajstić information content (AvgIpc) is 2.61. The molecule has 0 aliphatic rings. The van der Waals surface area contributed by atoms with Gasteiger partial charge in [-0.25, -0.2) is 0 Å². The van der Waals surface area contributed by atoms with E-state index in [0.717, 1.165) is 22.9 Å². The Morgan fingerprint density at radius 1 is 1.57 bits per heavy atom. The molecule has 0 fully saturated rings. The smallest absolute Gasteiger partial charge is 0.141 e. The van der Waals surface area contributed by atoms with Crippen LogP contribution < -0.4 is 4.74 Å². The molecule has 0 spiro atoms. The van der Waals surface area contributed by atoms with E-state index in [4.69, 9.17) is 4.74 Å². The molecule has 2 rings (SSSR count). The van der Waals surface area contributed by atoms with Crippen molar-refractivity contribution in [3.05, 3.63) is 24.4 Å². The number of benzene rings is 1. The van der Waals surface area contributed by atoms with Crippen molar-refractivity contribution in [2.24, 2.45) is 0 Å². The molecule has 0 atom stereocenters. The minimum atomic E-state index is 0.288. The fourth-order valence-electron chi connectivity index (χ4n) is 1.41. The molecule has 0 amide bonds. The Labute approximate surface area is 81.1 Å². The van der Waals surface area contributed by atoms with Crippen LogP contribution in [0.1, 0.15) is 0 Å². The number of hydrogen-bond acceptors (Lipinski definition) is 3. The molecule has 1 heterocycles. The van der Waals surface area contributed by atoms with Crippen molar-refractivity contribution in [1.29, 1.82) is 0 Å². The Kier molecular flexibility index (Phi) is 2.18. The zero-order valence-corrected chi connectivity index (χ0v) is 7.80. The van der Waals surface area contributed by atoms with Crippen LogP contribution in [0.3, 0.4) is 0 Å². The lowest BCUT2D eigenvalue weighted by Crippen LogP contribution is -1.99. The predicted molar refractivity (Wildman–Crippen MR) is 52.3 cm³/mol. The van der Waals surface area contributed by atoms with Crippen LogP contribution in [0.5, 0.6) is 5.75 Å². The molecule has 2 aromatic rings. The van der Waals surface area contributed by atoms with Crippen molar-refractivity contribution in [1.82, 2.24) is 9.78 Å². The van der Waals surface area contributed by atoms with Gasteiger partial charge in [-0.05, 0) is 18.2 Å². The normalized spacial score (nSPS) is 10.4. The Balaban J connectivity index is 2.53. The van der Waals surface area contributed by atoms with Crippen LogP contribution in [-0.2, 0) is 11.3 Å². The zero-order chi connectivity index (χ0) is 9.97. The third-order valence-corrected chi connectivity index (χ3v) is 2.10. The highest BCUT2D eigenvalue weighted by Crippen LogP contribution is 2.19. The molecule has 0 radical (unpaired) electrons. The second-order valence-electron chi connectivity index (χ2n) is 2.92. The standard InChI is InChI=1S/C10H10N2O2/c1-14-9-2-3-10-8(6-9)7-11-12(10)4-5-13/h2-3,5-7H,4H2,1H3. The molecule has 4 heteroatoms. The molecule has 0 saturated heterocycles. The van der Waals surface area contributed by atoms with Gasteiger partial charge in [0.1, 0.15) is 12.0 Å². The summed E-state index contributed by atoms with van der Waals surface area (Å²) in [6, 6.07) is 5.64. The van der Waals surface area contributed by atoms with Crippen LogP contribution in [0.25, 0.3) is 10.9 Å². The van der Waals surface area contributed by atoms with Gasteiger partial charge in [0.2, 0.25) is 0 Å². The lowest BCUT2D eigenvalue weighted by atomic mass is 10.2. The summed E-state index contributed by atoms with van der Waals surface area (Å²) in [4.78, 5) is 10.4. The molecule has 1 aromatic carbocycles. The van der Waals surface area contributed by atoms with E-state index in [1.54, 1.807) is 18.0 Å². The van der Waals surface area contributed by atoms with Crippen molar-refractivity contribution < 1.29 is 9.53 Å². The summed E-state index contributed by atoms with van der Waals surface area (Å²) in [6.45, 7) is 0.288. The number of aromatic nitrogens is 2. The van der Waals surface area contributed by atoms with E-state index in [1.807, 2.05) is 18.2 Å². The fraction of sp³-hybridized carbons (Fsp3) is 0.200. The van der Waals surface area contributed by atoms with E-state index >= 15 is 0 Å². The van der Waals surface area contributed by atoms with Crippen molar-refractivity contribution >= 4 is 17.2 Å². The maximum Gasteiger partial charge on any atom is 0.141 e. The molecule has 0 N–H and O–H groups in total. The number of carbonyl (C=O) groups is 1. The summed E-state index contributed by atoms with van der Waals surface area (Å²) in [5, 5.41) is 5.07. The first-order chi connectivity index (χ1) is 6.85. The number of carbonyl (C=O) groups excluding carboxylic acids is 1. The van der Waals surface area contributed by atoms with Crippen LogP contribution >= 0.6 is 0 Å². The van der Waals surface area contributed by atoms with Gasteiger partial charge in [0.05, 0.1) is 25.4 Å². The number of ether oxygens (including phenoxy) is 1. The van der Waals surface area contributed by atoms with Crippen LogP contribution in [0.2, 0.25) is 0 Å². The van der Waals surface area contributed by atoms with Gasteiger partial charge in [-0.3, -0.25) is 4.68 Å². The molecule has 0 bridgehead atoms. The molecule has 0 aliphatic heterocycles. The van der Waals surface area contributed by atoms with Gasteiger partial charge in [0, 0.05) is 5.39 Å². The molecular weight excluding hydrogens is 180 g/mol. The van der Waals surface area contributed by atoms with E-state index in [9.17, 15) is 4.79 Å². The molecule has 0 saturated carbocycles. The first-order valence-electron chi connectivity index (χ1n) is 4.28. The van der Waals surface area contributed by atoms with E-state index in [2.05, 4.69) is 5.10 Å². The van der Waals surface area contributed by atoms with Gasteiger partial charge >= 0.3 is 0 Å². The van der Waals surface area contributed by atoms with Crippen molar-refractivity contribution in [3.8, 4) is 5.75 Å². The SMILES string of the molecule is COc1ccc2c(cnn2CC=O)c1. The number of rotatable bonds is 3. The molecule has 4 nitrogen and oxygen atoms in total. The second kappa shape index (κ2) is 3.49. The molecule has 14 heavy (non-hydrogen) atoms. The average molecular weight is 190 g/mol. The summed E-state index contributed by atoms with van der Waals surface area (Å²) in [7, 11) is 1.62. The quantitative estimate of drug-likeness (QED) is 0.684. The highest BCUT2D eigenvalue weighted by Gasteiger charge is 2.02. The number of hydrogen-bond donors (Lipinski definition) is 0. The lowest BCUT2D eigenvalue weighted by Gasteiger charge is -2.00. The third kappa shape index (κ3) is 1.35. The summed E-state index contributed by atoms with van der Waals surface area (Å²) in [5.41, 5.74) is 0.943. The summed E-state index contributed by atoms with van der Waals surface area (Å²) in [5.74, 6) is 0.795. The predicted octanol–water partition coefficient (Wildman–Crippen LogP) is 1.24. The Morgan fingerprint density at radius 3 is 3.14 bits per heavy atom. The molecule has 72 valence electrons. The van der Waals surface area contributed by atoms with Crippen molar-refractivity contribution in [2.75, 3.05) is 7.11 Å². The zero-order valence-electron chi connectivity index (χ0n) is 7.80. The van der Waals surface area contributed by atoms with E-state index in [0.29, 0.717) is 0 Å². The van der Waals surface area contributed by atoms with E-state index < -0.39 is 0 Å². The fourth-order valence-corrected chi connectivity index (χ4v) is 1.41. The Hall–Kier alpha value is -1.84. The van der Waals surface area contributed by atoms with Crippen LogP contribution in [-0.4, -0.2) is 23.2 Å². The van der Waals surface area contributed by atoms with Gasteiger partial charge < -0.3 is 9.53 Å². The number of aldehydes is 1. The minimum Gasteiger partial charge on any atom is -0.497 e. The maximum atomic E-state index is 10.4. The van der Waals surface area contributed by atoms with Crippen molar-refractivity contribution in [3.63, 3.8) is 0 Å². The van der Waals surface area contributed by atoms with Gasteiger partial charge in [-0.2, -0.15) is 5.10 Å². The monoisotopic (exact) mass is 190 g/mol. The molecule has 1 aromatic heterocycles. The van der Waals surface area contributed by atoms with Gasteiger partial charge in [-0.1, -0.05) is 0 Å². The highest BCUT2D eigenvalue weighted by molar-refractivity contribution is 5.80. The topological polar surface area (TPSA) is 44.1 Å². The van der Waals surface area contributed by atoms with Gasteiger partial charge in [0.15, 0.2) is 0 Å². The largest absolute Gasteiger partial charge is 0.497 e. The minimum absolute atomic E-state index is 0.288.